The quantitative estimate of drug-likeness (QED) is 0.674. The van der Waals surface area contributed by atoms with Crippen LogP contribution in [0.3, 0.4) is 0 Å². The Morgan fingerprint density at radius 1 is 1.33 bits per heavy atom. The SMILES string of the molecule is CCCCOc1cccc(N2C(=NC(=O)C3CC3)S[C@H]3CS(=O)(=O)C[C@@H]32)c1. The zero-order valence-electron chi connectivity index (χ0n) is 15.3. The van der Waals surface area contributed by atoms with Crippen molar-refractivity contribution >= 4 is 38.4 Å². The normalized spacial score (nSPS) is 27.7. The second-order valence-electron chi connectivity index (χ2n) is 7.38. The van der Waals surface area contributed by atoms with E-state index in [0.29, 0.717) is 11.8 Å². The Bertz CT molecular complexity index is 864. The molecule has 1 aromatic rings. The Hall–Kier alpha value is -1.54. The molecule has 0 aromatic heterocycles. The molecular weight excluding hydrogens is 384 g/mol. The second-order valence-corrected chi connectivity index (χ2v) is 10.7. The van der Waals surface area contributed by atoms with Gasteiger partial charge in [-0.05, 0) is 31.4 Å². The third kappa shape index (κ3) is 4.16. The highest BCUT2D eigenvalue weighted by molar-refractivity contribution is 8.16. The monoisotopic (exact) mass is 408 g/mol. The summed E-state index contributed by atoms with van der Waals surface area (Å²) in [6.45, 7) is 2.76. The van der Waals surface area contributed by atoms with Crippen molar-refractivity contribution in [3.63, 3.8) is 0 Å². The number of nitrogens with zero attached hydrogens (tertiary/aromatic N) is 2. The van der Waals surface area contributed by atoms with Crippen LogP contribution in [0.25, 0.3) is 0 Å². The molecule has 1 saturated carbocycles. The number of carbonyl (C=O) groups excluding carboxylic acids is 1. The molecule has 27 heavy (non-hydrogen) atoms. The average Bonchev–Trinajstić information content (AvgIpc) is 3.36. The lowest BCUT2D eigenvalue weighted by molar-refractivity contribution is -0.118. The number of rotatable bonds is 6. The maximum absolute atomic E-state index is 12.3. The second kappa shape index (κ2) is 7.47. The van der Waals surface area contributed by atoms with Gasteiger partial charge in [0.2, 0.25) is 0 Å². The molecule has 4 rings (SSSR count). The van der Waals surface area contributed by atoms with E-state index in [2.05, 4.69) is 11.9 Å². The molecule has 2 atom stereocenters. The molecule has 0 unspecified atom stereocenters. The first kappa shape index (κ1) is 18.8. The van der Waals surface area contributed by atoms with Crippen molar-refractivity contribution < 1.29 is 17.9 Å². The fourth-order valence-corrected chi connectivity index (χ4v) is 7.36. The molecule has 2 saturated heterocycles. The first-order valence-electron chi connectivity index (χ1n) is 9.48. The molecule has 2 aliphatic heterocycles. The first-order valence-corrected chi connectivity index (χ1v) is 12.2. The van der Waals surface area contributed by atoms with Gasteiger partial charge in [0.1, 0.15) is 5.75 Å². The lowest BCUT2D eigenvalue weighted by Gasteiger charge is -2.25. The number of ether oxygens (including phenoxy) is 1. The predicted molar refractivity (Wildman–Crippen MR) is 108 cm³/mol. The highest BCUT2D eigenvalue weighted by atomic mass is 32.2. The smallest absolute Gasteiger partial charge is 0.251 e. The Kier molecular flexibility index (Phi) is 5.20. The first-order chi connectivity index (χ1) is 13.0. The number of aliphatic imine (C=N–C) groups is 1. The Morgan fingerprint density at radius 2 is 2.15 bits per heavy atom. The molecule has 0 radical (unpaired) electrons. The third-order valence-electron chi connectivity index (χ3n) is 5.06. The van der Waals surface area contributed by atoms with Gasteiger partial charge in [-0.25, -0.2) is 8.42 Å². The fraction of sp³-hybridized carbons (Fsp3) is 0.579. The summed E-state index contributed by atoms with van der Waals surface area (Å²) >= 11 is 1.42. The summed E-state index contributed by atoms with van der Waals surface area (Å²) in [5.74, 6) is 0.960. The van der Waals surface area contributed by atoms with Crippen LogP contribution in [0.5, 0.6) is 5.75 Å². The number of hydrogen-bond acceptors (Lipinski definition) is 5. The number of fused-ring (bicyclic) bond motifs is 1. The number of carbonyl (C=O) groups is 1. The number of benzene rings is 1. The van der Waals surface area contributed by atoms with E-state index in [4.69, 9.17) is 4.74 Å². The van der Waals surface area contributed by atoms with E-state index in [9.17, 15) is 13.2 Å². The number of amides is 1. The molecule has 1 aliphatic carbocycles. The summed E-state index contributed by atoms with van der Waals surface area (Å²) < 4.78 is 30.1. The van der Waals surface area contributed by atoms with Crippen LogP contribution in [-0.4, -0.2) is 48.9 Å². The zero-order valence-corrected chi connectivity index (χ0v) is 17.0. The van der Waals surface area contributed by atoms with Gasteiger partial charge in [-0.3, -0.25) is 4.79 Å². The van der Waals surface area contributed by atoms with Crippen LogP contribution < -0.4 is 9.64 Å². The van der Waals surface area contributed by atoms with E-state index < -0.39 is 9.84 Å². The average molecular weight is 409 g/mol. The number of unbranched alkanes of at least 4 members (excludes halogenated alkanes) is 1. The Morgan fingerprint density at radius 3 is 2.89 bits per heavy atom. The van der Waals surface area contributed by atoms with E-state index in [1.165, 1.54) is 11.8 Å². The lowest BCUT2D eigenvalue weighted by atomic mass is 10.2. The van der Waals surface area contributed by atoms with Crippen LogP contribution in [-0.2, 0) is 14.6 Å². The van der Waals surface area contributed by atoms with Gasteiger partial charge in [0.15, 0.2) is 15.0 Å². The van der Waals surface area contributed by atoms with Crippen molar-refractivity contribution in [3.8, 4) is 5.75 Å². The van der Waals surface area contributed by atoms with Gasteiger partial charge >= 0.3 is 0 Å². The number of amidine groups is 1. The van der Waals surface area contributed by atoms with E-state index in [1.54, 1.807) is 0 Å². The predicted octanol–water partition coefficient (Wildman–Crippen LogP) is 2.88. The number of sulfone groups is 1. The summed E-state index contributed by atoms with van der Waals surface area (Å²) in [6, 6.07) is 7.46. The highest BCUT2D eigenvalue weighted by Gasteiger charge is 2.49. The highest BCUT2D eigenvalue weighted by Crippen LogP contribution is 2.42. The molecule has 3 fully saturated rings. The van der Waals surface area contributed by atoms with Crippen LogP contribution in [0.4, 0.5) is 5.69 Å². The van der Waals surface area contributed by atoms with Gasteiger partial charge in [0.05, 0.1) is 24.2 Å². The molecule has 1 amide bonds. The van der Waals surface area contributed by atoms with Gasteiger partial charge in [0.25, 0.3) is 5.91 Å². The zero-order chi connectivity index (χ0) is 19.0. The topological polar surface area (TPSA) is 76.0 Å². The third-order valence-corrected chi connectivity index (χ3v) is 8.27. The van der Waals surface area contributed by atoms with E-state index in [0.717, 1.165) is 37.1 Å². The summed E-state index contributed by atoms with van der Waals surface area (Å²) in [5, 5.41) is 0.549. The molecule has 3 aliphatic rings. The molecule has 6 nitrogen and oxygen atoms in total. The van der Waals surface area contributed by atoms with Gasteiger partial charge in [-0.15, -0.1) is 0 Å². The Balaban J connectivity index is 1.63. The molecule has 0 N–H and O–H groups in total. The maximum Gasteiger partial charge on any atom is 0.251 e. The lowest BCUT2D eigenvalue weighted by Crippen LogP contribution is -2.37. The van der Waals surface area contributed by atoms with E-state index >= 15 is 0 Å². The van der Waals surface area contributed by atoms with Crippen LogP contribution in [0.2, 0.25) is 0 Å². The molecule has 0 spiro atoms. The minimum atomic E-state index is -3.06. The molecular formula is C19H24N2O4S2. The summed E-state index contributed by atoms with van der Waals surface area (Å²) in [6.07, 6.45) is 3.85. The number of thioether (sulfide) groups is 1. The minimum Gasteiger partial charge on any atom is -0.494 e. The van der Waals surface area contributed by atoms with Crippen molar-refractivity contribution in [2.45, 2.75) is 43.9 Å². The van der Waals surface area contributed by atoms with Crippen LogP contribution >= 0.6 is 11.8 Å². The summed E-state index contributed by atoms with van der Waals surface area (Å²) in [7, 11) is -3.06. The van der Waals surface area contributed by atoms with Crippen LogP contribution in [0.1, 0.15) is 32.6 Å². The number of hydrogen-bond donors (Lipinski definition) is 0. The largest absolute Gasteiger partial charge is 0.494 e. The van der Waals surface area contributed by atoms with Crippen molar-refractivity contribution in [1.29, 1.82) is 0 Å². The molecule has 146 valence electrons. The van der Waals surface area contributed by atoms with Crippen molar-refractivity contribution in [1.82, 2.24) is 0 Å². The summed E-state index contributed by atoms with van der Waals surface area (Å²) in [5.41, 5.74) is 0.837. The molecule has 1 aromatic carbocycles. The maximum atomic E-state index is 12.3. The van der Waals surface area contributed by atoms with Crippen molar-refractivity contribution in [2.75, 3.05) is 23.0 Å². The van der Waals surface area contributed by atoms with Gasteiger partial charge in [-0.1, -0.05) is 31.2 Å². The van der Waals surface area contributed by atoms with Gasteiger partial charge in [0, 0.05) is 22.9 Å². The van der Waals surface area contributed by atoms with Crippen molar-refractivity contribution in [3.05, 3.63) is 24.3 Å². The summed E-state index contributed by atoms with van der Waals surface area (Å²) in [4.78, 5) is 18.6. The van der Waals surface area contributed by atoms with E-state index in [-0.39, 0.29) is 34.6 Å². The van der Waals surface area contributed by atoms with Crippen LogP contribution in [0.15, 0.2) is 29.3 Å². The van der Waals surface area contributed by atoms with Gasteiger partial charge < -0.3 is 9.64 Å². The number of anilines is 1. The molecule has 2 heterocycles. The van der Waals surface area contributed by atoms with E-state index in [1.807, 2.05) is 29.2 Å². The van der Waals surface area contributed by atoms with Crippen LogP contribution in [0, 0.1) is 5.92 Å². The van der Waals surface area contributed by atoms with Crippen molar-refractivity contribution in [2.24, 2.45) is 10.9 Å². The van der Waals surface area contributed by atoms with Gasteiger partial charge in [-0.2, -0.15) is 4.99 Å². The molecule has 0 bridgehead atoms. The fourth-order valence-electron chi connectivity index (χ4n) is 3.44. The Labute approximate surface area is 164 Å². The standard InChI is InChI=1S/C19H24N2O4S2/c1-2-3-9-25-15-6-4-5-14(10-15)21-16-11-27(23,24)12-17(16)26-19(21)20-18(22)13-7-8-13/h4-6,10,13,16-17H,2-3,7-9,11-12H2,1H3/t16-,17-/m0/s1. The minimum absolute atomic E-state index is 0.0489. The molecule has 8 heteroatoms.